The Labute approximate surface area is 318 Å². The number of carbonyl (C=O) groups is 3. The van der Waals surface area contributed by atoms with Gasteiger partial charge in [0, 0.05) is 43.7 Å². The molecule has 0 aliphatic carbocycles. The van der Waals surface area contributed by atoms with Gasteiger partial charge in [0.05, 0.1) is 19.8 Å². The fraction of sp³-hybridized carbons (Fsp3) is 0.917. The molecule has 10 heteroatoms. The molecule has 0 unspecified atom stereocenters. The summed E-state index contributed by atoms with van der Waals surface area (Å²) < 4.78 is 15.2. The molecule has 0 amide bonds. The normalized spacial score (nSPS) is 10.0. The van der Waals surface area contributed by atoms with Crippen LogP contribution in [0.5, 0.6) is 0 Å². The van der Waals surface area contributed by atoms with Gasteiger partial charge in [-0.1, -0.05) is 117 Å². The molecule has 0 aliphatic rings. The van der Waals surface area contributed by atoms with Gasteiger partial charge in [-0.2, -0.15) is 37.9 Å². The molecule has 0 aromatic heterocycles. The van der Waals surface area contributed by atoms with Crippen molar-refractivity contribution < 1.29 is 28.6 Å². The molecular formula is C36H72O6S3Sb. The summed E-state index contributed by atoms with van der Waals surface area (Å²) >= 11 is 12.1. The number of rotatable bonds is 30. The summed E-state index contributed by atoms with van der Waals surface area (Å²) in [7, 11) is 0. The second-order valence-corrected chi connectivity index (χ2v) is 12.8. The van der Waals surface area contributed by atoms with E-state index in [0.717, 1.165) is 55.8 Å². The van der Waals surface area contributed by atoms with Crippen molar-refractivity contribution >= 4 is 80.2 Å². The van der Waals surface area contributed by atoms with Crippen LogP contribution < -0.4 is 0 Å². The van der Waals surface area contributed by atoms with Gasteiger partial charge in [-0.15, -0.1) is 0 Å². The molecule has 6 nitrogen and oxygen atoms in total. The van der Waals surface area contributed by atoms with E-state index in [4.69, 9.17) is 14.2 Å². The molecule has 0 aromatic carbocycles. The van der Waals surface area contributed by atoms with Crippen LogP contribution in [-0.4, -0.2) is 79.4 Å². The van der Waals surface area contributed by atoms with E-state index in [1.165, 1.54) is 96.3 Å². The van der Waals surface area contributed by atoms with Crippen LogP contribution in [0.2, 0.25) is 0 Å². The maximum atomic E-state index is 11.1. The van der Waals surface area contributed by atoms with Crippen molar-refractivity contribution in [2.45, 2.75) is 175 Å². The second kappa shape index (κ2) is 49.7. The van der Waals surface area contributed by atoms with Gasteiger partial charge >= 0.3 is 17.9 Å². The Bertz CT molecular complexity index is 533. The molecule has 0 fully saturated rings. The molecule has 0 N–H and O–H groups in total. The summed E-state index contributed by atoms with van der Waals surface area (Å²) in [6, 6.07) is 0. The first-order valence-electron chi connectivity index (χ1n) is 18.2. The first-order chi connectivity index (χ1) is 21.9. The number of thiol groups is 3. The molecule has 0 spiro atoms. The molecule has 46 heavy (non-hydrogen) atoms. The van der Waals surface area contributed by atoms with Crippen LogP contribution in [0.3, 0.4) is 0 Å². The van der Waals surface area contributed by atoms with Gasteiger partial charge in [0.1, 0.15) is 0 Å². The molecule has 0 rings (SSSR count). The number of carbonyl (C=O) groups excluding carboxylic acids is 3. The molecule has 0 aromatic rings. The standard InChI is InChI=1S/3C12H24O2S.Sb/c3*1-2-3-4-5-6-7-10-14-12(13)9-8-11-15;/h3*15H,2-11H2,1H3;. The Balaban J connectivity index is -0.000000285. The van der Waals surface area contributed by atoms with Crippen LogP contribution in [0.15, 0.2) is 0 Å². The Kier molecular flexibility index (Phi) is 57.3. The molecule has 3 radical (unpaired) electrons. The van der Waals surface area contributed by atoms with Crippen molar-refractivity contribution in [1.29, 1.82) is 0 Å². The topological polar surface area (TPSA) is 78.9 Å². The Morgan fingerprint density at radius 3 is 0.804 bits per heavy atom. The first kappa shape index (κ1) is 53.1. The minimum Gasteiger partial charge on any atom is -0.466 e. The van der Waals surface area contributed by atoms with Crippen molar-refractivity contribution in [3.8, 4) is 0 Å². The van der Waals surface area contributed by atoms with Crippen LogP contribution in [0.1, 0.15) is 175 Å². The Morgan fingerprint density at radius 1 is 0.370 bits per heavy atom. The van der Waals surface area contributed by atoms with Crippen molar-refractivity contribution in [2.75, 3.05) is 37.1 Å². The minimum absolute atomic E-state index is 0. The quantitative estimate of drug-likeness (QED) is 0.0220. The van der Waals surface area contributed by atoms with Gasteiger partial charge in [-0.25, -0.2) is 0 Å². The van der Waals surface area contributed by atoms with E-state index in [1.54, 1.807) is 0 Å². The number of esters is 3. The number of unbranched alkanes of at least 4 members (excludes halogenated alkanes) is 15. The van der Waals surface area contributed by atoms with Crippen LogP contribution >= 0.6 is 37.9 Å². The molecule has 0 heterocycles. The summed E-state index contributed by atoms with van der Waals surface area (Å²) in [5.41, 5.74) is 0. The minimum atomic E-state index is -0.0717. The summed E-state index contributed by atoms with van der Waals surface area (Å²) in [6.07, 6.45) is 26.1. The van der Waals surface area contributed by atoms with Gasteiger partial charge in [-0.3, -0.25) is 14.4 Å². The third kappa shape index (κ3) is 53.8. The third-order valence-electron chi connectivity index (χ3n) is 6.90. The number of hydrogen-bond acceptors (Lipinski definition) is 9. The smallest absolute Gasteiger partial charge is 0.305 e. The maximum Gasteiger partial charge on any atom is 0.305 e. The van der Waals surface area contributed by atoms with E-state index >= 15 is 0 Å². The predicted octanol–water partition coefficient (Wildman–Crippen LogP) is 10.4. The van der Waals surface area contributed by atoms with Crippen molar-refractivity contribution in [2.24, 2.45) is 0 Å². The third-order valence-corrected chi connectivity index (χ3v) is 7.85. The predicted molar refractivity (Wildman–Crippen MR) is 208 cm³/mol. The van der Waals surface area contributed by atoms with Gasteiger partial charge in [-0.05, 0) is 55.8 Å². The van der Waals surface area contributed by atoms with Crippen LogP contribution in [-0.2, 0) is 28.6 Å². The van der Waals surface area contributed by atoms with Crippen LogP contribution in [0.25, 0.3) is 0 Å². The Morgan fingerprint density at radius 2 is 0.587 bits per heavy atom. The van der Waals surface area contributed by atoms with Gasteiger partial charge in [0.2, 0.25) is 0 Å². The average Bonchev–Trinajstić information content (AvgIpc) is 3.04. The molecule has 275 valence electrons. The van der Waals surface area contributed by atoms with E-state index < -0.39 is 0 Å². The van der Waals surface area contributed by atoms with Crippen molar-refractivity contribution in [3.63, 3.8) is 0 Å². The van der Waals surface area contributed by atoms with Gasteiger partial charge < -0.3 is 14.2 Å². The van der Waals surface area contributed by atoms with E-state index in [-0.39, 0.29) is 42.3 Å². The average molecular weight is 819 g/mol. The summed E-state index contributed by atoms with van der Waals surface area (Å²) in [5.74, 6) is 2.05. The SMILES string of the molecule is CCCCCCCCOC(=O)CCCS.CCCCCCCCOC(=O)CCCS.CCCCCCCCOC(=O)CCCS.[Sb]. The molecule has 0 bridgehead atoms. The van der Waals surface area contributed by atoms with Crippen LogP contribution in [0.4, 0.5) is 0 Å². The van der Waals surface area contributed by atoms with Crippen LogP contribution in [0, 0.1) is 0 Å². The fourth-order valence-corrected chi connectivity index (χ4v) is 4.57. The zero-order valence-electron chi connectivity index (χ0n) is 30.0. The van der Waals surface area contributed by atoms with Gasteiger partial charge in [0.25, 0.3) is 0 Å². The molecule has 0 saturated heterocycles. The first-order valence-corrected chi connectivity index (χ1v) is 20.1. The summed E-state index contributed by atoms with van der Waals surface area (Å²) in [4.78, 5) is 33.2. The molecule has 0 aliphatic heterocycles. The Hall–Kier alpha value is 0.278. The molecular weight excluding hydrogens is 746 g/mol. The monoisotopic (exact) mass is 817 g/mol. The van der Waals surface area contributed by atoms with E-state index in [0.29, 0.717) is 39.1 Å². The largest absolute Gasteiger partial charge is 0.466 e. The fourth-order valence-electron chi connectivity index (χ4n) is 4.09. The molecule has 0 saturated carbocycles. The van der Waals surface area contributed by atoms with E-state index in [1.807, 2.05) is 0 Å². The van der Waals surface area contributed by atoms with Crippen molar-refractivity contribution in [3.05, 3.63) is 0 Å². The number of ether oxygens (including phenoxy) is 3. The van der Waals surface area contributed by atoms with E-state index in [2.05, 4.69) is 58.7 Å². The zero-order valence-corrected chi connectivity index (χ0v) is 35.2. The van der Waals surface area contributed by atoms with Crippen molar-refractivity contribution in [1.82, 2.24) is 0 Å². The van der Waals surface area contributed by atoms with Gasteiger partial charge in [0.15, 0.2) is 0 Å². The second-order valence-electron chi connectivity index (χ2n) is 11.4. The summed E-state index contributed by atoms with van der Waals surface area (Å²) in [5, 5.41) is 0. The van der Waals surface area contributed by atoms with E-state index in [9.17, 15) is 14.4 Å². The molecule has 0 atom stereocenters. The zero-order chi connectivity index (χ0) is 34.1. The number of hydrogen-bond donors (Lipinski definition) is 3. The summed E-state index contributed by atoms with van der Waals surface area (Å²) in [6.45, 7) is 8.42. The maximum absolute atomic E-state index is 11.1.